The molecule has 1 amide bonds. The third kappa shape index (κ3) is 27.3. The Bertz CT molecular complexity index is 1220. The maximum absolute atomic E-state index is 13.0. The number of phosphoric ester groups is 1. The number of carbonyl (C=O) groups excluding carboxylic acids is 1. The summed E-state index contributed by atoms with van der Waals surface area (Å²) < 4.78 is 22.8. The van der Waals surface area contributed by atoms with Crippen molar-refractivity contribution in [2.75, 3.05) is 6.61 Å². The number of nitrogens with one attached hydrogen (secondary N) is 1. The molecule has 1 saturated carbocycles. The number of hydrogen-bond acceptors (Lipinski definition) is 11. The van der Waals surface area contributed by atoms with E-state index >= 15 is 0 Å². The zero-order valence-electron chi connectivity index (χ0n) is 36.9. The van der Waals surface area contributed by atoms with Crippen LogP contribution in [0.25, 0.3) is 0 Å². The maximum atomic E-state index is 13.0. The van der Waals surface area contributed by atoms with E-state index in [0.29, 0.717) is 19.3 Å². The lowest BCUT2D eigenvalue weighted by atomic mass is 9.85. The molecule has 60 heavy (non-hydrogen) atoms. The fraction of sp³-hybridized carbons (Fsp3) is 0.804. The van der Waals surface area contributed by atoms with Crippen LogP contribution < -0.4 is 5.32 Å². The van der Waals surface area contributed by atoms with Crippen molar-refractivity contribution in [3.63, 3.8) is 0 Å². The molecule has 8 unspecified atom stereocenters. The van der Waals surface area contributed by atoms with Gasteiger partial charge in [0.2, 0.25) is 5.91 Å². The zero-order valence-corrected chi connectivity index (χ0v) is 37.8. The number of rotatable bonds is 37. The summed E-state index contributed by atoms with van der Waals surface area (Å²) in [6, 6.07) is -1.27. The fourth-order valence-electron chi connectivity index (χ4n) is 7.04. The first-order chi connectivity index (χ1) is 28.8. The molecular weight excluding hydrogens is 789 g/mol. The summed E-state index contributed by atoms with van der Waals surface area (Å²) in [4.78, 5) is 23.4. The molecule has 8 atom stereocenters. The van der Waals surface area contributed by atoms with Crippen LogP contribution in [0.15, 0.2) is 48.6 Å². The van der Waals surface area contributed by atoms with Crippen LogP contribution in [0, 0.1) is 0 Å². The van der Waals surface area contributed by atoms with E-state index in [0.717, 1.165) is 70.6 Å². The minimum Gasteiger partial charge on any atom is -0.393 e. The minimum absolute atomic E-state index is 0.263. The predicted molar refractivity (Wildman–Crippen MR) is 238 cm³/mol. The van der Waals surface area contributed by atoms with E-state index in [1.807, 2.05) is 6.08 Å². The SMILES string of the molecule is CCC/C=C/CC/C=C/CC/C=C/C(O)C(COP(=O)(O)OC1C(O)C(O)C(O)C(O)C1O)NC(=O)CC(O)CCCCCCC/C=C\CCCCCCCCCCCC. The van der Waals surface area contributed by atoms with Gasteiger partial charge in [-0.3, -0.25) is 13.8 Å². The molecule has 9 N–H and O–H groups in total. The monoisotopic (exact) mass is 874 g/mol. The third-order valence-corrected chi connectivity index (χ3v) is 11.8. The van der Waals surface area contributed by atoms with E-state index in [2.05, 4.69) is 49.5 Å². The van der Waals surface area contributed by atoms with E-state index < -0.39 is 75.2 Å². The van der Waals surface area contributed by atoms with Crippen LogP contribution >= 0.6 is 7.82 Å². The first-order valence-electron chi connectivity index (χ1n) is 23.2. The molecule has 0 bridgehead atoms. The van der Waals surface area contributed by atoms with Crippen molar-refractivity contribution in [1.82, 2.24) is 5.32 Å². The number of hydrogen-bond donors (Lipinski definition) is 9. The van der Waals surface area contributed by atoms with Gasteiger partial charge in [-0.2, -0.15) is 0 Å². The van der Waals surface area contributed by atoms with Gasteiger partial charge in [-0.1, -0.05) is 152 Å². The zero-order chi connectivity index (χ0) is 44.4. The smallest absolute Gasteiger partial charge is 0.393 e. The number of unbranched alkanes of at least 4 members (excludes halogenated alkanes) is 18. The highest BCUT2D eigenvalue weighted by atomic mass is 31.2. The van der Waals surface area contributed by atoms with Gasteiger partial charge in [-0.05, 0) is 64.2 Å². The summed E-state index contributed by atoms with van der Waals surface area (Å²) in [7, 11) is -5.15. The highest BCUT2D eigenvalue weighted by Crippen LogP contribution is 2.47. The normalized spacial score (nSPS) is 23.8. The molecule has 1 rings (SSSR count). The number of carbonyl (C=O) groups is 1. The molecule has 0 saturated heterocycles. The minimum atomic E-state index is -5.15. The standard InChI is InChI=1S/C46H84NO12P/c1-3-5-7-9-11-13-15-16-17-18-19-20-21-22-24-25-27-29-31-33-37(48)35-40(50)47-38(39(49)34-32-30-28-26-23-14-12-10-8-6-4-2)36-58-60(56,57)59-46-44(54)42(52)41(51)43(53)45(46)55/h8,10,20-21,23,26,32,34,37-39,41-46,48-49,51-55H,3-7,9,11-19,22,24-25,27-31,33,35-36H2,1-2H3,(H,47,50)(H,56,57)/b10-8+,21-20-,26-23+,34-32+. The Hall–Kier alpha value is -1.74. The Morgan fingerprint density at radius 3 is 1.53 bits per heavy atom. The number of phosphoric acid groups is 1. The molecule has 0 aromatic rings. The van der Waals surface area contributed by atoms with Gasteiger partial charge < -0.3 is 46.0 Å². The molecule has 14 heteroatoms. The van der Waals surface area contributed by atoms with Crippen LogP contribution in [0.5, 0.6) is 0 Å². The van der Waals surface area contributed by atoms with Gasteiger partial charge in [0.15, 0.2) is 0 Å². The number of aliphatic hydroxyl groups excluding tert-OH is 7. The second-order valence-electron chi connectivity index (χ2n) is 16.4. The number of aliphatic hydroxyl groups is 7. The Kier molecular flexibility index (Phi) is 33.5. The molecule has 1 aliphatic carbocycles. The van der Waals surface area contributed by atoms with Gasteiger partial charge in [-0.15, -0.1) is 0 Å². The molecule has 1 aliphatic rings. The average molecular weight is 874 g/mol. The second kappa shape index (κ2) is 35.7. The number of amides is 1. The Morgan fingerprint density at radius 1 is 0.583 bits per heavy atom. The molecule has 0 spiro atoms. The molecular formula is C46H84NO12P. The molecule has 1 fully saturated rings. The molecule has 350 valence electrons. The van der Waals surface area contributed by atoms with Gasteiger partial charge in [0.25, 0.3) is 0 Å². The largest absolute Gasteiger partial charge is 0.472 e. The summed E-state index contributed by atoms with van der Waals surface area (Å²) >= 11 is 0. The van der Waals surface area contributed by atoms with Crippen LogP contribution in [-0.2, 0) is 18.4 Å². The highest BCUT2D eigenvalue weighted by Gasteiger charge is 2.51. The van der Waals surface area contributed by atoms with Gasteiger partial charge in [0, 0.05) is 0 Å². The lowest BCUT2D eigenvalue weighted by Gasteiger charge is -2.41. The van der Waals surface area contributed by atoms with Gasteiger partial charge >= 0.3 is 7.82 Å². The fourth-order valence-corrected chi connectivity index (χ4v) is 8.01. The predicted octanol–water partition coefficient (Wildman–Crippen LogP) is 7.53. The van der Waals surface area contributed by atoms with Crippen molar-refractivity contribution in [1.29, 1.82) is 0 Å². The van der Waals surface area contributed by atoms with Crippen LogP contribution in [0.3, 0.4) is 0 Å². The van der Waals surface area contributed by atoms with E-state index in [9.17, 15) is 50.0 Å². The van der Waals surface area contributed by atoms with Crippen molar-refractivity contribution in [2.24, 2.45) is 0 Å². The Labute approximate surface area is 361 Å². The quantitative estimate of drug-likeness (QED) is 0.0168. The van der Waals surface area contributed by atoms with Crippen LogP contribution in [0.1, 0.15) is 174 Å². The average Bonchev–Trinajstić information content (AvgIpc) is 3.22. The molecule has 13 nitrogen and oxygen atoms in total. The van der Waals surface area contributed by atoms with Crippen molar-refractivity contribution in [3.8, 4) is 0 Å². The maximum Gasteiger partial charge on any atom is 0.472 e. The Balaban J connectivity index is 2.52. The summed E-state index contributed by atoms with van der Waals surface area (Å²) in [6.07, 6.45) is 27.9. The van der Waals surface area contributed by atoms with E-state index in [4.69, 9.17) is 9.05 Å². The van der Waals surface area contributed by atoms with Gasteiger partial charge in [-0.25, -0.2) is 4.57 Å². The first-order valence-corrected chi connectivity index (χ1v) is 24.7. The molecule has 0 aliphatic heterocycles. The first kappa shape index (κ1) is 56.3. The van der Waals surface area contributed by atoms with E-state index in [1.165, 1.54) is 70.3 Å². The summed E-state index contributed by atoms with van der Waals surface area (Å²) in [5.74, 6) is -0.615. The van der Waals surface area contributed by atoms with Gasteiger partial charge in [0.1, 0.15) is 36.6 Å². The summed E-state index contributed by atoms with van der Waals surface area (Å²) in [5, 5.41) is 74.3. The summed E-state index contributed by atoms with van der Waals surface area (Å²) in [6.45, 7) is 3.63. The lowest BCUT2D eigenvalue weighted by Crippen LogP contribution is -2.64. The lowest BCUT2D eigenvalue weighted by molar-refractivity contribution is -0.220. The van der Waals surface area contributed by atoms with E-state index in [1.54, 1.807) is 6.08 Å². The molecule has 0 radical (unpaired) electrons. The van der Waals surface area contributed by atoms with E-state index in [-0.39, 0.29) is 6.42 Å². The van der Waals surface area contributed by atoms with Gasteiger partial charge in [0.05, 0.1) is 31.3 Å². The molecule has 0 aromatic heterocycles. The van der Waals surface area contributed by atoms with Crippen molar-refractivity contribution in [2.45, 2.75) is 229 Å². The van der Waals surface area contributed by atoms with Crippen LogP contribution in [-0.4, -0.2) is 108 Å². The highest BCUT2D eigenvalue weighted by molar-refractivity contribution is 7.47. The van der Waals surface area contributed by atoms with Crippen molar-refractivity contribution in [3.05, 3.63) is 48.6 Å². The second-order valence-corrected chi connectivity index (χ2v) is 17.8. The third-order valence-electron chi connectivity index (χ3n) is 10.8. The molecule has 0 heterocycles. The topological polar surface area (TPSA) is 226 Å². The van der Waals surface area contributed by atoms with Crippen molar-refractivity contribution < 1.29 is 59.0 Å². The Morgan fingerprint density at radius 2 is 1.02 bits per heavy atom. The van der Waals surface area contributed by atoms with Crippen molar-refractivity contribution >= 4 is 13.7 Å². The van der Waals surface area contributed by atoms with Crippen LogP contribution in [0.4, 0.5) is 0 Å². The summed E-state index contributed by atoms with van der Waals surface area (Å²) in [5.41, 5.74) is 0. The number of allylic oxidation sites excluding steroid dienone is 7. The van der Waals surface area contributed by atoms with Crippen LogP contribution in [0.2, 0.25) is 0 Å². The molecule has 0 aromatic carbocycles.